The Morgan fingerprint density at radius 2 is 2.12 bits per heavy atom. The fourth-order valence-electron chi connectivity index (χ4n) is 1.95. The highest BCUT2D eigenvalue weighted by Gasteiger charge is 2.27. The molecule has 0 aromatic heterocycles. The molecule has 0 aliphatic carbocycles. The summed E-state index contributed by atoms with van der Waals surface area (Å²) in [5.74, 6) is -1.63. The van der Waals surface area contributed by atoms with Gasteiger partial charge in [0, 0.05) is 24.1 Å². The number of nitrogens with one attached hydrogen (secondary N) is 1. The Balaban J connectivity index is 2.20. The van der Waals surface area contributed by atoms with Crippen LogP contribution in [0.15, 0.2) is 18.2 Å². The second-order valence-electron chi connectivity index (χ2n) is 5.24. The van der Waals surface area contributed by atoms with Crippen molar-refractivity contribution in [2.45, 2.75) is 20.0 Å². The molecule has 0 radical (unpaired) electrons. The van der Waals surface area contributed by atoms with Gasteiger partial charge < -0.3 is 10.1 Å². The van der Waals surface area contributed by atoms with Crippen LogP contribution >= 0.6 is 0 Å². The van der Waals surface area contributed by atoms with Gasteiger partial charge in [-0.15, -0.1) is 0 Å². The Kier molecular flexibility index (Phi) is 3.45. The summed E-state index contributed by atoms with van der Waals surface area (Å²) in [4.78, 5) is 0. The maximum atomic E-state index is 13.6. The van der Waals surface area contributed by atoms with Gasteiger partial charge in [-0.2, -0.15) is 0 Å². The largest absolute Gasteiger partial charge is 0.371 e. The fraction of sp³-hybridized carbons (Fsp3) is 0.538. The molecule has 2 rings (SSSR count). The summed E-state index contributed by atoms with van der Waals surface area (Å²) in [5, 5.41) is 3.22. The van der Waals surface area contributed by atoms with Crippen molar-refractivity contribution in [3.05, 3.63) is 35.4 Å². The van der Waals surface area contributed by atoms with Crippen LogP contribution in [0.4, 0.5) is 8.78 Å². The van der Waals surface area contributed by atoms with E-state index in [1.807, 2.05) is 0 Å². The Morgan fingerprint density at radius 1 is 1.35 bits per heavy atom. The Morgan fingerprint density at radius 3 is 2.88 bits per heavy atom. The molecule has 1 fully saturated rings. The van der Waals surface area contributed by atoms with Crippen molar-refractivity contribution in [1.29, 1.82) is 0 Å². The second-order valence-corrected chi connectivity index (χ2v) is 5.24. The lowest BCUT2D eigenvalue weighted by atomic mass is 9.95. The van der Waals surface area contributed by atoms with Gasteiger partial charge in [-0.3, -0.25) is 0 Å². The zero-order chi connectivity index (χ0) is 12.5. The van der Waals surface area contributed by atoms with E-state index in [-0.39, 0.29) is 11.0 Å². The van der Waals surface area contributed by atoms with Crippen molar-refractivity contribution in [3.63, 3.8) is 0 Å². The van der Waals surface area contributed by atoms with E-state index in [4.69, 9.17) is 4.74 Å². The molecule has 1 saturated heterocycles. The summed E-state index contributed by atoms with van der Waals surface area (Å²) in [7, 11) is 0. The van der Waals surface area contributed by atoms with Crippen LogP contribution in [0.2, 0.25) is 0 Å². The number of halogens is 2. The molecule has 0 amide bonds. The zero-order valence-electron chi connectivity index (χ0n) is 10.1. The van der Waals surface area contributed by atoms with E-state index < -0.39 is 17.7 Å². The van der Waals surface area contributed by atoms with Crippen LogP contribution in [0.5, 0.6) is 0 Å². The number of hydrogen-bond donors (Lipinski definition) is 1. The van der Waals surface area contributed by atoms with Gasteiger partial charge in [0.1, 0.15) is 0 Å². The molecule has 1 aliphatic rings. The maximum absolute atomic E-state index is 13.6. The van der Waals surface area contributed by atoms with Gasteiger partial charge in [-0.1, -0.05) is 26.0 Å². The monoisotopic (exact) mass is 241 g/mol. The van der Waals surface area contributed by atoms with E-state index in [1.165, 1.54) is 6.07 Å². The topological polar surface area (TPSA) is 21.3 Å². The summed E-state index contributed by atoms with van der Waals surface area (Å²) in [6.07, 6.45) is -0.424. The van der Waals surface area contributed by atoms with Gasteiger partial charge in [-0.25, -0.2) is 8.78 Å². The SMILES string of the molecule is CC1(C)CNCC(c2cccc(F)c2F)OC1. The lowest BCUT2D eigenvalue weighted by Crippen LogP contribution is -2.29. The third-order valence-corrected chi connectivity index (χ3v) is 2.94. The Labute approximate surface area is 100.0 Å². The molecule has 94 valence electrons. The first-order valence-corrected chi connectivity index (χ1v) is 5.76. The average molecular weight is 241 g/mol. The van der Waals surface area contributed by atoms with Gasteiger partial charge in [0.25, 0.3) is 0 Å². The summed E-state index contributed by atoms with van der Waals surface area (Å²) < 4.78 is 32.4. The minimum Gasteiger partial charge on any atom is -0.371 e. The molecule has 0 saturated carbocycles. The van der Waals surface area contributed by atoms with Crippen LogP contribution in [0.1, 0.15) is 25.5 Å². The molecule has 1 unspecified atom stereocenters. The fourth-order valence-corrected chi connectivity index (χ4v) is 1.95. The first-order chi connectivity index (χ1) is 7.99. The molecule has 4 heteroatoms. The normalized spacial score (nSPS) is 24.4. The highest BCUT2D eigenvalue weighted by molar-refractivity contribution is 5.22. The van der Waals surface area contributed by atoms with Crippen molar-refractivity contribution >= 4 is 0 Å². The van der Waals surface area contributed by atoms with Crippen LogP contribution in [0.25, 0.3) is 0 Å². The van der Waals surface area contributed by atoms with Gasteiger partial charge in [0.15, 0.2) is 11.6 Å². The molecule has 17 heavy (non-hydrogen) atoms. The van der Waals surface area contributed by atoms with E-state index >= 15 is 0 Å². The van der Waals surface area contributed by atoms with E-state index in [9.17, 15) is 8.78 Å². The van der Waals surface area contributed by atoms with E-state index in [2.05, 4.69) is 19.2 Å². The minimum absolute atomic E-state index is 0.0125. The second kappa shape index (κ2) is 4.70. The van der Waals surface area contributed by atoms with Crippen molar-refractivity contribution < 1.29 is 13.5 Å². The Hall–Kier alpha value is -1.00. The smallest absolute Gasteiger partial charge is 0.164 e. The van der Waals surface area contributed by atoms with Crippen molar-refractivity contribution in [3.8, 4) is 0 Å². The maximum Gasteiger partial charge on any atom is 0.164 e. The number of ether oxygens (including phenoxy) is 1. The summed E-state index contributed by atoms with van der Waals surface area (Å²) in [6.45, 7) is 5.99. The van der Waals surface area contributed by atoms with Crippen LogP contribution in [0, 0.1) is 17.0 Å². The van der Waals surface area contributed by atoms with Gasteiger partial charge in [0.2, 0.25) is 0 Å². The third kappa shape index (κ3) is 2.82. The molecule has 2 nitrogen and oxygen atoms in total. The standard InChI is InChI=1S/C13H17F2NO/c1-13(2)7-16-6-11(17-8-13)9-4-3-5-10(14)12(9)15/h3-5,11,16H,6-8H2,1-2H3. The van der Waals surface area contributed by atoms with E-state index in [0.29, 0.717) is 13.2 Å². The van der Waals surface area contributed by atoms with E-state index in [1.54, 1.807) is 6.07 Å². The summed E-state index contributed by atoms with van der Waals surface area (Å²) >= 11 is 0. The zero-order valence-corrected chi connectivity index (χ0v) is 10.1. The predicted molar refractivity (Wildman–Crippen MR) is 61.7 cm³/mol. The van der Waals surface area contributed by atoms with Crippen molar-refractivity contribution in [2.24, 2.45) is 5.41 Å². The van der Waals surface area contributed by atoms with Crippen molar-refractivity contribution in [2.75, 3.05) is 19.7 Å². The van der Waals surface area contributed by atoms with E-state index in [0.717, 1.165) is 12.6 Å². The van der Waals surface area contributed by atoms with Crippen LogP contribution < -0.4 is 5.32 Å². The minimum atomic E-state index is -0.824. The predicted octanol–water partition coefficient (Wildman–Crippen LogP) is 2.65. The average Bonchev–Trinajstić information content (AvgIpc) is 2.44. The molecule has 1 aliphatic heterocycles. The summed E-state index contributed by atoms with van der Waals surface area (Å²) in [6, 6.07) is 4.20. The molecule has 1 aromatic rings. The van der Waals surface area contributed by atoms with Gasteiger partial charge in [-0.05, 0) is 6.07 Å². The van der Waals surface area contributed by atoms with Gasteiger partial charge in [0.05, 0.1) is 12.7 Å². The Bertz CT molecular complexity index is 406. The molecular formula is C13H17F2NO. The number of hydrogen-bond acceptors (Lipinski definition) is 2. The molecule has 1 N–H and O–H groups in total. The van der Waals surface area contributed by atoms with Crippen LogP contribution in [-0.4, -0.2) is 19.7 Å². The lowest BCUT2D eigenvalue weighted by molar-refractivity contribution is 0.0238. The molecule has 1 aromatic carbocycles. The molecule has 1 heterocycles. The lowest BCUT2D eigenvalue weighted by Gasteiger charge is -2.21. The summed E-state index contributed by atoms with van der Waals surface area (Å²) in [5.41, 5.74) is 0.300. The molecule has 1 atom stereocenters. The van der Waals surface area contributed by atoms with Crippen molar-refractivity contribution in [1.82, 2.24) is 5.32 Å². The molecule has 0 spiro atoms. The first-order valence-electron chi connectivity index (χ1n) is 5.76. The quantitative estimate of drug-likeness (QED) is 0.816. The van der Waals surface area contributed by atoms with Gasteiger partial charge >= 0.3 is 0 Å². The molecular weight excluding hydrogens is 224 g/mol. The number of rotatable bonds is 1. The third-order valence-electron chi connectivity index (χ3n) is 2.94. The highest BCUT2D eigenvalue weighted by atomic mass is 19.2. The molecule has 0 bridgehead atoms. The first kappa shape index (κ1) is 12.5. The van der Waals surface area contributed by atoms with Crippen LogP contribution in [-0.2, 0) is 4.74 Å². The number of benzene rings is 1. The highest BCUT2D eigenvalue weighted by Crippen LogP contribution is 2.27. The van der Waals surface area contributed by atoms with Crippen LogP contribution in [0.3, 0.4) is 0 Å².